The molecule has 2 aliphatic rings. The third kappa shape index (κ3) is 3.90. The van der Waals surface area contributed by atoms with E-state index in [1.807, 2.05) is 25.2 Å². The summed E-state index contributed by atoms with van der Waals surface area (Å²) in [7, 11) is 3.48. The maximum Gasteiger partial charge on any atom is 0.270 e. The fraction of sp³-hybridized carbons (Fsp3) is 0.526. The highest BCUT2D eigenvalue weighted by molar-refractivity contribution is 5.94. The molecule has 0 atom stereocenters. The van der Waals surface area contributed by atoms with E-state index in [4.69, 9.17) is 9.47 Å². The first-order valence-corrected chi connectivity index (χ1v) is 9.27. The Bertz CT molecular complexity index is 825. The van der Waals surface area contributed by atoms with Gasteiger partial charge in [0.2, 0.25) is 5.88 Å². The quantitative estimate of drug-likeness (QED) is 0.821. The van der Waals surface area contributed by atoms with Crippen LogP contribution in [0.4, 0.5) is 5.69 Å². The number of amides is 1. The van der Waals surface area contributed by atoms with Crippen molar-refractivity contribution < 1.29 is 14.3 Å². The summed E-state index contributed by atoms with van der Waals surface area (Å²) in [5, 5.41) is 7.64. The summed E-state index contributed by atoms with van der Waals surface area (Å²) < 4.78 is 12.4. The predicted octanol–water partition coefficient (Wildman–Crippen LogP) is 1.17. The van der Waals surface area contributed by atoms with Crippen LogP contribution in [0.3, 0.4) is 0 Å². The second-order valence-corrected chi connectivity index (χ2v) is 7.21. The van der Waals surface area contributed by atoms with Crippen molar-refractivity contribution in [3.8, 4) is 5.88 Å². The Kier molecular flexibility index (Phi) is 4.73. The monoisotopic (exact) mass is 371 g/mol. The zero-order valence-corrected chi connectivity index (χ0v) is 15.8. The number of aromatic nitrogens is 3. The second kappa shape index (κ2) is 7.19. The number of rotatable bonds is 6. The topological polar surface area (TPSA) is 81.5 Å². The van der Waals surface area contributed by atoms with Crippen molar-refractivity contribution in [2.24, 2.45) is 7.05 Å². The predicted molar refractivity (Wildman–Crippen MR) is 100 cm³/mol. The molecule has 1 saturated heterocycles. The molecule has 0 unspecified atom stereocenters. The van der Waals surface area contributed by atoms with E-state index >= 15 is 0 Å². The van der Waals surface area contributed by atoms with Crippen LogP contribution >= 0.6 is 0 Å². The Morgan fingerprint density at radius 3 is 2.78 bits per heavy atom. The number of nitrogens with zero attached hydrogens (tertiary/aromatic N) is 4. The van der Waals surface area contributed by atoms with Crippen LogP contribution in [0.25, 0.3) is 0 Å². The number of ether oxygens (including phenoxy) is 2. The fourth-order valence-electron chi connectivity index (χ4n) is 3.49. The third-order valence-corrected chi connectivity index (χ3v) is 5.20. The lowest BCUT2D eigenvalue weighted by atomic mass is 10.1. The van der Waals surface area contributed by atoms with Gasteiger partial charge in [0.1, 0.15) is 5.69 Å². The molecule has 0 aromatic carbocycles. The lowest BCUT2D eigenvalue weighted by Gasteiger charge is -2.29. The Hall–Kier alpha value is -2.61. The van der Waals surface area contributed by atoms with Gasteiger partial charge in [0.25, 0.3) is 5.91 Å². The number of nitrogens with one attached hydrogen (secondary N) is 1. The van der Waals surface area contributed by atoms with Crippen LogP contribution in [-0.4, -0.2) is 59.6 Å². The summed E-state index contributed by atoms with van der Waals surface area (Å²) in [6, 6.07) is 5.72. The number of anilines is 1. The molecule has 1 amide bonds. The minimum Gasteiger partial charge on any atom is -0.481 e. The number of methoxy groups -OCH3 is 1. The van der Waals surface area contributed by atoms with Crippen molar-refractivity contribution in [3.63, 3.8) is 0 Å². The SMILES string of the molecule is COc1cc(CC2(NC(=O)c3cc(N4CCOCC4)ccn3)CC2)nn1C. The molecule has 1 saturated carbocycles. The molecule has 0 spiro atoms. The van der Waals surface area contributed by atoms with Gasteiger partial charge >= 0.3 is 0 Å². The van der Waals surface area contributed by atoms with Gasteiger partial charge in [-0.25, -0.2) is 4.68 Å². The number of carbonyl (C=O) groups excluding carboxylic acids is 1. The largest absolute Gasteiger partial charge is 0.481 e. The molecule has 144 valence electrons. The Balaban J connectivity index is 1.43. The van der Waals surface area contributed by atoms with Gasteiger partial charge in [-0.2, -0.15) is 5.10 Å². The van der Waals surface area contributed by atoms with Crippen LogP contribution in [0.2, 0.25) is 0 Å². The Labute approximate surface area is 158 Å². The summed E-state index contributed by atoms with van der Waals surface area (Å²) >= 11 is 0. The number of morpholine rings is 1. The van der Waals surface area contributed by atoms with Crippen LogP contribution in [0.1, 0.15) is 29.0 Å². The van der Waals surface area contributed by atoms with Crippen molar-refractivity contribution in [2.45, 2.75) is 24.8 Å². The summed E-state index contributed by atoms with van der Waals surface area (Å²) in [5.41, 5.74) is 2.15. The van der Waals surface area contributed by atoms with Crippen molar-refractivity contribution in [3.05, 3.63) is 35.8 Å². The molecule has 8 heteroatoms. The van der Waals surface area contributed by atoms with E-state index in [0.717, 1.165) is 37.3 Å². The molecule has 2 aromatic rings. The minimum absolute atomic E-state index is 0.134. The van der Waals surface area contributed by atoms with Gasteiger partial charge in [-0.1, -0.05) is 0 Å². The van der Waals surface area contributed by atoms with E-state index in [9.17, 15) is 4.79 Å². The first kappa shape index (κ1) is 17.8. The van der Waals surface area contributed by atoms with Crippen molar-refractivity contribution in [1.82, 2.24) is 20.1 Å². The second-order valence-electron chi connectivity index (χ2n) is 7.21. The van der Waals surface area contributed by atoms with Crippen molar-refractivity contribution >= 4 is 11.6 Å². The fourth-order valence-corrected chi connectivity index (χ4v) is 3.49. The summed E-state index contributed by atoms with van der Waals surface area (Å²) in [6.45, 7) is 3.08. The molecule has 8 nitrogen and oxygen atoms in total. The van der Waals surface area contributed by atoms with Crippen LogP contribution < -0.4 is 15.0 Å². The first-order valence-electron chi connectivity index (χ1n) is 9.27. The molecule has 2 aromatic heterocycles. The third-order valence-electron chi connectivity index (χ3n) is 5.20. The minimum atomic E-state index is -0.229. The zero-order chi connectivity index (χ0) is 18.9. The van der Waals surface area contributed by atoms with E-state index in [2.05, 4.69) is 20.3 Å². The number of carbonyl (C=O) groups is 1. The van der Waals surface area contributed by atoms with E-state index in [1.54, 1.807) is 18.0 Å². The molecular formula is C19H25N5O3. The van der Waals surface area contributed by atoms with Gasteiger partial charge in [-0.15, -0.1) is 0 Å². The number of pyridine rings is 1. The first-order chi connectivity index (χ1) is 13.1. The lowest BCUT2D eigenvalue weighted by Crippen LogP contribution is -2.39. The molecule has 1 N–H and O–H groups in total. The highest BCUT2D eigenvalue weighted by Crippen LogP contribution is 2.39. The van der Waals surface area contributed by atoms with Crippen molar-refractivity contribution in [1.29, 1.82) is 0 Å². The molecule has 3 heterocycles. The van der Waals surface area contributed by atoms with E-state index in [0.29, 0.717) is 31.2 Å². The molecule has 27 heavy (non-hydrogen) atoms. The van der Waals surface area contributed by atoms with E-state index < -0.39 is 0 Å². The van der Waals surface area contributed by atoms with Gasteiger partial charge in [-0.05, 0) is 25.0 Å². The van der Waals surface area contributed by atoms with Gasteiger partial charge in [-0.3, -0.25) is 9.78 Å². The molecular weight excluding hydrogens is 346 g/mol. The normalized spacial score (nSPS) is 18.2. The van der Waals surface area contributed by atoms with Gasteiger partial charge in [0, 0.05) is 50.0 Å². The maximum absolute atomic E-state index is 12.8. The summed E-state index contributed by atoms with van der Waals surface area (Å²) in [6.07, 6.45) is 4.28. The smallest absolute Gasteiger partial charge is 0.270 e. The van der Waals surface area contributed by atoms with E-state index in [-0.39, 0.29) is 11.4 Å². The number of aryl methyl sites for hydroxylation is 1. The van der Waals surface area contributed by atoms with Crippen LogP contribution in [0, 0.1) is 0 Å². The molecule has 1 aliphatic carbocycles. The summed E-state index contributed by atoms with van der Waals surface area (Å²) in [5.74, 6) is 0.581. The average Bonchev–Trinajstić information content (AvgIpc) is 3.35. The van der Waals surface area contributed by atoms with Gasteiger partial charge in [0.15, 0.2) is 0 Å². The van der Waals surface area contributed by atoms with Gasteiger partial charge < -0.3 is 19.7 Å². The lowest BCUT2D eigenvalue weighted by molar-refractivity contribution is 0.0926. The maximum atomic E-state index is 12.8. The van der Waals surface area contributed by atoms with E-state index in [1.165, 1.54) is 0 Å². The molecule has 2 fully saturated rings. The number of hydrogen-bond donors (Lipinski definition) is 1. The standard InChI is InChI=1S/C19H25N5O3/c1-23-17(26-2)11-14(22-23)13-19(4-5-19)21-18(25)16-12-15(3-6-20-16)24-7-9-27-10-8-24/h3,6,11-12H,4-5,7-10,13H2,1-2H3,(H,21,25). The van der Waals surface area contributed by atoms with Crippen LogP contribution in [0.5, 0.6) is 5.88 Å². The summed E-state index contributed by atoms with van der Waals surface area (Å²) in [4.78, 5) is 19.3. The van der Waals surface area contributed by atoms with Crippen molar-refractivity contribution in [2.75, 3.05) is 38.3 Å². The van der Waals surface area contributed by atoms with Crippen LogP contribution in [-0.2, 0) is 18.2 Å². The highest BCUT2D eigenvalue weighted by Gasteiger charge is 2.45. The average molecular weight is 371 g/mol. The van der Waals surface area contributed by atoms with Gasteiger partial charge in [0.05, 0.1) is 26.0 Å². The molecule has 1 aliphatic heterocycles. The molecule has 4 rings (SSSR count). The Morgan fingerprint density at radius 1 is 1.33 bits per heavy atom. The molecule has 0 bridgehead atoms. The number of hydrogen-bond acceptors (Lipinski definition) is 6. The Morgan fingerprint density at radius 2 is 2.11 bits per heavy atom. The highest BCUT2D eigenvalue weighted by atomic mass is 16.5. The van der Waals surface area contributed by atoms with Crippen LogP contribution in [0.15, 0.2) is 24.4 Å². The zero-order valence-electron chi connectivity index (χ0n) is 15.8. The molecule has 0 radical (unpaired) electrons.